The Hall–Kier alpha value is -4.66. The summed E-state index contributed by atoms with van der Waals surface area (Å²) in [5, 5.41) is 4.57. The lowest BCUT2D eigenvalue weighted by Crippen LogP contribution is -2.15. The van der Waals surface area contributed by atoms with E-state index in [2.05, 4.69) is 5.10 Å². The van der Waals surface area contributed by atoms with E-state index < -0.39 is 11.9 Å². The minimum absolute atomic E-state index is 0.0521. The van der Waals surface area contributed by atoms with E-state index in [0.29, 0.717) is 28.3 Å². The maximum Gasteiger partial charge on any atom is 0.357 e. The highest BCUT2D eigenvalue weighted by Gasteiger charge is 2.31. The molecule has 0 aliphatic rings. The molecule has 4 rings (SSSR count). The van der Waals surface area contributed by atoms with E-state index in [9.17, 15) is 14.0 Å². The molecule has 0 N–H and O–H groups in total. The van der Waals surface area contributed by atoms with Gasteiger partial charge in [-0.15, -0.1) is 0 Å². The van der Waals surface area contributed by atoms with Gasteiger partial charge in [-0.1, -0.05) is 30.3 Å². The van der Waals surface area contributed by atoms with Gasteiger partial charge in [-0.3, -0.25) is 0 Å². The number of hydrogen-bond donors (Lipinski definition) is 0. The zero-order chi connectivity index (χ0) is 25.7. The Morgan fingerprint density at radius 3 is 2.28 bits per heavy atom. The van der Waals surface area contributed by atoms with Crippen molar-refractivity contribution in [2.24, 2.45) is 0 Å². The molecule has 0 saturated heterocycles. The zero-order valence-corrected chi connectivity index (χ0v) is 19.9. The first-order valence-corrected chi connectivity index (χ1v) is 10.9. The van der Waals surface area contributed by atoms with Crippen molar-refractivity contribution in [1.82, 2.24) is 9.78 Å². The van der Waals surface area contributed by atoms with Crippen molar-refractivity contribution in [3.05, 3.63) is 95.4 Å². The number of carbonyl (C=O) groups is 2. The lowest BCUT2D eigenvalue weighted by atomic mass is 10.0. The molecule has 184 valence electrons. The molecule has 0 amide bonds. The SMILES string of the molecule is COC(=O)c1c(-c2ccc(OCc3cccc(F)c3)c(OC)c2)nn(-c2ccccc2)c1C(=O)OC. The second-order valence-corrected chi connectivity index (χ2v) is 7.59. The van der Waals surface area contributed by atoms with Crippen molar-refractivity contribution >= 4 is 11.9 Å². The molecule has 36 heavy (non-hydrogen) atoms. The third kappa shape index (κ3) is 4.90. The predicted octanol–water partition coefficient (Wildman–Crippen LogP) is 4.84. The molecular weight excluding hydrogens is 467 g/mol. The Kier molecular flexibility index (Phi) is 7.29. The van der Waals surface area contributed by atoms with E-state index in [4.69, 9.17) is 18.9 Å². The summed E-state index contributed by atoms with van der Waals surface area (Å²) in [7, 11) is 3.91. The zero-order valence-electron chi connectivity index (χ0n) is 19.9. The van der Waals surface area contributed by atoms with Crippen LogP contribution >= 0.6 is 0 Å². The molecule has 0 bridgehead atoms. The molecule has 0 spiro atoms. The van der Waals surface area contributed by atoms with E-state index >= 15 is 0 Å². The highest BCUT2D eigenvalue weighted by Crippen LogP contribution is 2.36. The van der Waals surface area contributed by atoms with Crippen LogP contribution in [0.4, 0.5) is 4.39 Å². The third-order valence-corrected chi connectivity index (χ3v) is 5.37. The Morgan fingerprint density at radius 1 is 0.861 bits per heavy atom. The van der Waals surface area contributed by atoms with Gasteiger partial charge >= 0.3 is 11.9 Å². The molecule has 3 aromatic carbocycles. The van der Waals surface area contributed by atoms with E-state index in [1.165, 1.54) is 38.1 Å². The molecule has 0 unspecified atom stereocenters. The van der Waals surface area contributed by atoms with Crippen LogP contribution in [0, 0.1) is 5.82 Å². The molecule has 1 aromatic heterocycles. The minimum atomic E-state index is -0.752. The third-order valence-electron chi connectivity index (χ3n) is 5.37. The van der Waals surface area contributed by atoms with Crippen molar-refractivity contribution < 1.29 is 32.9 Å². The van der Waals surface area contributed by atoms with Gasteiger partial charge in [0.15, 0.2) is 17.2 Å². The average molecular weight is 490 g/mol. The first-order chi connectivity index (χ1) is 17.5. The van der Waals surface area contributed by atoms with Gasteiger partial charge in [-0.05, 0) is 48.0 Å². The molecule has 0 aliphatic heterocycles. The maximum atomic E-state index is 13.5. The minimum Gasteiger partial charge on any atom is -0.493 e. The van der Waals surface area contributed by atoms with E-state index in [1.54, 1.807) is 54.6 Å². The van der Waals surface area contributed by atoms with E-state index in [1.807, 2.05) is 6.07 Å². The lowest BCUT2D eigenvalue weighted by molar-refractivity contribution is 0.0549. The molecule has 0 aliphatic carbocycles. The van der Waals surface area contributed by atoms with E-state index in [-0.39, 0.29) is 29.4 Å². The number of halogens is 1. The smallest absolute Gasteiger partial charge is 0.357 e. The summed E-state index contributed by atoms with van der Waals surface area (Å²) in [6.45, 7) is 0.121. The van der Waals surface area contributed by atoms with Gasteiger partial charge in [0.1, 0.15) is 23.7 Å². The number of carbonyl (C=O) groups excluding carboxylic acids is 2. The first-order valence-electron chi connectivity index (χ1n) is 10.9. The van der Waals surface area contributed by atoms with Crippen LogP contribution in [-0.2, 0) is 16.1 Å². The highest BCUT2D eigenvalue weighted by molar-refractivity contribution is 6.06. The van der Waals surface area contributed by atoms with E-state index in [0.717, 1.165) is 0 Å². The summed E-state index contributed by atoms with van der Waals surface area (Å²) in [5.74, 6) is -1.10. The van der Waals surface area contributed by atoms with Gasteiger partial charge in [-0.25, -0.2) is 18.7 Å². The number of hydrogen-bond acceptors (Lipinski definition) is 7. The summed E-state index contributed by atoms with van der Waals surface area (Å²) >= 11 is 0. The fourth-order valence-electron chi connectivity index (χ4n) is 3.68. The van der Waals surface area contributed by atoms with Gasteiger partial charge < -0.3 is 18.9 Å². The van der Waals surface area contributed by atoms with Gasteiger partial charge in [0.2, 0.25) is 0 Å². The fourth-order valence-corrected chi connectivity index (χ4v) is 3.68. The lowest BCUT2D eigenvalue weighted by Gasteiger charge is -2.12. The van der Waals surface area contributed by atoms with Crippen LogP contribution in [0.5, 0.6) is 11.5 Å². The number of esters is 2. The van der Waals surface area contributed by atoms with Crippen LogP contribution in [0.1, 0.15) is 26.4 Å². The van der Waals surface area contributed by atoms with Gasteiger partial charge in [0.05, 0.1) is 27.0 Å². The molecule has 0 radical (unpaired) electrons. The van der Waals surface area contributed by atoms with Crippen LogP contribution in [0.15, 0.2) is 72.8 Å². The number of methoxy groups -OCH3 is 3. The molecule has 8 nitrogen and oxygen atoms in total. The van der Waals surface area contributed by atoms with Gasteiger partial charge in [0.25, 0.3) is 0 Å². The molecule has 4 aromatic rings. The number of aromatic nitrogens is 2. The van der Waals surface area contributed by atoms with Crippen LogP contribution in [0.2, 0.25) is 0 Å². The quantitative estimate of drug-likeness (QED) is 0.327. The summed E-state index contributed by atoms with van der Waals surface area (Å²) in [6, 6.07) is 19.9. The summed E-state index contributed by atoms with van der Waals surface area (Å²) < 4.78 is 36.1. The van der Waals surface area contributed by atoms with Gasteiger partial charge in [-0.2, -0.15) is 5.10 Å². The molecule has 1 heterocycles. The monoisotopic (exact) mass is 490 g/mol. The van der Waals surface area contributed by atoms with Crippen molar-refractivity contribution in [1.29, 1.82) is 0 Å². The maximum absolute atomic E-state index is 13.5. The number of nitrogens with zero attached hydrogens (tertiary/aromatic N) is 2. The first kappa shape index (κ1) is 24.5. The molecule has 0 atom stereocenters. The number of ether oxygens (including phenoxy) is 4. The highest BCUT2D eigenvalue weighted by atomic mass is 19.1. The van der Waals surface area contributed by atoms with Crippen LogP contribution in [-0.4, -0.2) is 43.0 Å². The Morgan fingerprint density at radius 2 is 1.61 bits per heavy atom. The summed E-state index contributed by atoms with van der Waals surface area (Å²) in [4.78, 5) is 25.6. The largest absolute Gasteiger partial charge is 0.493 e. The topological polar surface area (TPSA) is 88.9 Å². The second kappa shape index (κ2) is 10.7. The van der Waals surface area contributed by atoms with Crippen LogP contribution in [0.25, 0.3) is 16.9 Å². The molecule has 0 fully saturated rings. The van der Waals surface area contributed by atoms with Crippen molar-refractivity contribution in [2.75, 3.05) is 21.3 Å². The van der Waals surface area contributed by atoms with Crippen LogP contribution < -0.4 is 9.47 Å². The average Bonchev–Trinajstić information content (AvgIpc) is 3.32. The number of benzene rings is 3. The van der Waals surface area contributed by atoms with Crippen molar-refractivity contribution in [2.45, 2.75) is 6.61 Å². The standard InChI is InChI=1S/C27H23FN2O6/c1-33-22-15-18(12-13-21(22)36-16-17-8-7-9-19(28)14-17)24-23(26(31)34-2)25(27(32)35-3)30(29-24)20-10-5-4-6-11-20/h4-15H,16H2,1-3H3. The van der Waals surface area contributed by atoms with Crippen molar-refractivity contribution in [3.8, 4) is 28.4 Å². The normalized spacial score (nSPS) is 10.6. The Bertz CT molecular complexity index is 1400. The molecule has 0 saturated carbocycles. The Balaban J connectivity index is 1.80. The summed E-state index contributed by atoms with van der Waals surface area (Å²) in [5.41, 5.74) is 1.75. The number of para-hydroxylation sites is 1. The fraction of sp³-hybridized carbons (Fsp3) is 0.148. The van der Waals surface area contributed by atoms with Gasteiger partial charge in [0, 0.05) is 5.56 Å². The summed E-state index contributed by atoms with van der Waals surface area (Å²) in [6.07, 6.45) is 0. The number of rotatable bonds is 8. The van der Waals surface area contributed by atoms with Crippen molar-refractivity contribution in [3.63, 3.8) is 0 Å². The second-order valence-electron chi connectivity index (χ2n) is 7.59. The molecular formula is C27H23FN2O6. The molecule has 9 heteroatoms. The Labute approximate surface area is 206 Å². The predicted molar refractivity (Wildman–Crippen MR) is 129 cm³/mol. The van der Waals surface area contributed by atoms with Crippen LogP contribution in [0.3, 0.4) is 0 Å².